The van der Waals surface area contributed by atoms with E-state index in [4.69, 9.17) is 10.2 Å². The second-order valence-corrected chi connectivity index (χ2v) is 4.48. The lowest BCUT2D eigenvalue weighted by Crippen LogP contribution is -2.00. The summed E-state index contributed by atoms with van der Waals surface area (Å²) in [4.78, 5) is 21.4. The molecule has 0 fully saturated rings. The van der Waals surface area contributed by atoms with Gasteiger partial charge in [-0.25, -0.2) is 9.59 Å². The Morgan fingerprint density at radius 1 is 1.00 bits per heavy atom. The maximum atomic E-state index is 10.9. The van der Waals surface area contributed by atoms with Crippen LogP contribution < -0.4 is 0 Å². The highest BCUT2D eigenvalue weighted by atomic mass is 16.5. The first-order valence-electron chi connectivity index (χ1n) is 6.82. The number of rotatable bonds is 3. The molecule has 2 aromatic carbocycles. The molecule has 0 aliphatic rings. The van der Waals surface area contributed by atoms with Gasteiger partial charge in [0.15, 0.2) is 0 Å². The van der Waals surface area contributed by atoms with Crippen molar-refractivity contribution in [2.45, 2.75) is 13.3 Å². The molecule has 2 rings (SSSR count). The van der Waals surface area contributed by atoms with E-state index in [0.717, 1.165) is 0 Å². The SMILES string of the molecule is CCc1cccc(C(=O)O)c1O.COC(=O)c1ccccc1O. The molecular weight excluding hydrogens is 300 g/mol. The number of carboxylic acids is 1. The van der Waals surface area contributed by atoms with Crippen molar-refractivity contribution in [2.24, 2.45) is 0 Å². The Kier molecular flexibility index (Phi) is 6.61. The van der Waals surface area contributed by atoms with E-state index in [1.54, 1.807) is 24.3 Å². The minimum Gasteiger partial charge on any atom is -0.507 e. The average molecular weight is 318 g/mol. The van der Waals surface area contributed by atoms with Crippen LogP contribution in [0.1, 0.15) is 33.2 Å². The summed E-state index contributed by atoms with van der Waals surface area (Å²) in [6, 6.07) is 11.0. The average Bonchev–Trinajstić information content (AvgIpc) is 2.55. The highest BCUT2D eigenvalue weighted by Gasteiger charge is 2.11. The summed E-state index contributed by atoms with van der Waals surface area (Å²) in [6.07, 6.45) is 0.632. The van der Waals surface area contributed by atoms with Gasteiger partial charge in [0, 0.05) is 0 Å². The van der Waals surface area contributed by atoms with Crippen LogP contribution in [0.15, 0.2) is 42.5 Å². The van der Waals surface area contributed by atoms with Crippen molar-refractivity contribution in [1.82, 2.24) is 0 Å². The van der Waals surface area contributed by atoms with E-state index in [9.17, 15) is 14.7 Å². The summed E-state index contributed by atoms with van der Waals surface area (Å²) in [5.41, 5.74) is 0.819. The molecule has 6 nitrogen and oxygen atoms in total. The number of ether oxygens (including phenoxy) is 1. The molecule has 0 saturated carbocycles. The number of aryl methyl sites for hydroxylation is 1. The van der Waals surface area contributed by atoms with Crippen LogP contribution in [0.2, 0.25) is 0 Å². The zero-order valence-corrected chi connectivity index (χ0v) is 12.8. The molecule has 0 aromatic heterocycles. The zero-order chi connectivity index (χ0) is 17.4. The number of methoxy groups -OCH3 is 1. The van der Waals surface area contributed by atoms with E-state index >= 15 is 0 Å². The molecule has 0 aliphatic carbocycles. The minimum absolute atomic E-state index is 0.0330. The molecule has 23 heavy (non-hydrogen) atoms. The van der Waals surface area contributed by atoms with Crippen molar-refractivity contribution in [3.05, 3.63) is 59.2 Å². The number of carbonyl (C=O) groups is 2. The van der Waals surface area contributed by atoms with Crippen LogP contribution in [0.25, 0.3) is 0 Å². The van der Waals surface area contributed by atoms with E-state index < -0.39 is 11.9 Å². The largest absolute Gasteiger partial charge is 0.507 e. The summed E-state index contributed by atoms with van der Waals surface area (Å²) in [7, 11) is 1.27. The number of carboxylic acid groups (broad SMARTS) is 1. The molecule has 0 spiro atoms. The van der Waals surface area contributed by atoms with Crippen LogP contribution in [0.5, 0.6) is 11.5 Å². The van der Waals surface area contributed by atoms with Gasteiger partial charge < -0.3 is 20.1 Å². The van der Waals surface area contributed by atoms with Crippen LogP contribution >= 0.6 is 0 Å². The standard InChI is InChI=1S/C9H10O3.C8H8O3/c1-2-6-4-3-5-7(8(6)10)9(11)12;1-11-8(10)6-4-2-3-5-7(6)9/h3-5,10H,2H2,1H3,(H,11,12);2-5,9H,1H3. The number of esters is 1. The lowest BCUT2D eigenvalue weighted by Gasteiger charge is -2.03. The monoisotopic (exact) mass is 318 g/mol. The molecule has 0 atom stereocenters. The number of aromatic hydroxyl groups is 2. The molecular formula is C17H18O6. The number of phenols is 2. The predicted octanol–water partition coefficient (Wildman–Crippen LogP) is 2.83. The van der Waals surface area contributed by atoms with Gasteiger partial charge >= 0.3 is 11.9 Å². The van der Waals surface area contributed by atoms with Crippen molar-refractivity contribution in [3.63, 3.8) is 0 Å². The third kappa shape index (κ3) is 4.74. The van der Waals surface area contributed by atoms with E-state index in [1.165, 1.54) is 25.3 Å². The molecule has 0 unspecified atom stereocenters. The van der Waals surface area contributed by atoms with Crippen molar-refractivity contribution in [3.8, 4) is 11.5 Å². The lowest BCUT2D eigenvalue weighted by atomic mass is 10.1. The number of hydrogen-bond donors (Lipinski definition) is 3. The highest BCUT2D eigenvalue weighted by Crippen LogP contribution is 2.22. The molecule has 122 valence electrons. The number of benzene rings is 2. The van der Waals surface area contributed by atoms with Gasteiger partial charge in [0.1, 0.15) is 22.6 Å². The van der Waals surface area contributed by atoms with Crippen LogP contribution in [0.3, 0.4) is 0 Å². The predicted molar refractivity (Wildman–Crippen MR) is 83.9 cm³/mol. The third-order valence-corrected chi connectivity index (χ3v) is 3.04. The summed E-state index contributed by atoms with van der Waals surface area (Å²) >= 11 is 0. The van der Waals surface area contributed by atoms with Crippen molar-refractivity contribution >= 4 is 11.9 Å². The maximum absolute atomic E-state index is 10.9. The Balaban J connectivity index is 0.000000231. The normalized spacial score (nSPS) is 9.48. The topological polar surface area (TPSA) is 104 Å². The van der Waals surface area contributed by atoms with E-state index in [2.05, 4.69) is 4.74 Å². The van der Waals surface area contributed by atoms with Gasteiger partial charge in [-0.1, -0.05) is 31.2 Å². The van der Waals surface area contributed by atoms with Crippen LogP contribution in [-0.2, 0) is 11.2 Å². The Morgan fingerprint density at radius 2 is 1.61 bits per heavy atom. The third-order valence-electron chi connectivity index (χ3n) is 3.04. The molecule has 3 N–H and O–H groups in total. The molecule has 0 radical (unpaired) electrons. The molecule has 0 bridgehead atoms. The van der Waals surface area contributed by atoms with Crippen LogP contribution in [-0.4, -0.2) is 34.4 Å². The summed E-state index contributed by atoms with van der Waals surface area (Å²) in [6.45, 7) is 1.86. The van der Waals surface area contributed by atoms with Crippen molar-refractivity contribution in [1.29, 1.82) is 0 Å². The fourth-order valence-corrected chi connectivity index (χ4v) is 1.81. The summed E-state index contributed by atoms with van der Waals surface area (Å²) in [5.74, 6) is -1.79. The van der Waals surface area contributed by atoms with Gasteiger partial charge in [0.2, 0.25) is 0 Å². The maximum Gasteiger partial charge on any atom is 0.341 e. The molecule has 0 aliphatic heterocycles. The van der Waals surface area contributed by atoms with Crippen LogP contribution in [0.4, 0.5) is 0 Å². The Morgan fingerprint density at radius 3 is 2.13 bits per heavy atom. The quantitative estimate of drug-likeness (QED) is 0.752. The first-order valence-corrected chi connectivity index (χ1v) is 6.82. The first kappa shape index (κ1) is 18.0. The van der Waals surface area contributed by atoms with Gasteiger partial charge in [0.05, 0.1) is 7.11 Å². The van der Waals surface area contributed by atoms with Crippen molar-refractivity contribution < 1.29 is 29.6 Å². The van der Waals surface area contributed by atoms with Crippen LogP contribution in [0, 0.1) is 0 Å². The Hall–Kier alpha value is -3.02. The van der Waals surface area contributed by atoms with Gasteiger partial charge in [-0.3, -0.25) is 0 Å². The van der Waals surface area contributed by atoms with Gasteiger partial charge in [-0.15, -0.1) is 0 Å². The summed E-state index contributed by atoms with van der Waals surface area (Å²) in [5, 5.41) is 27.1. The zero-order valence-electron chi connectivity index (χ0n) is 12.8. The van der Waals surface area contributed by atoms with E-state index in [-0.39, 0.29) is 22.6 Å². The molecule has 2 aromatic rings. The Labute approximate surface area is 133 Å². The van der Waals surface area contributed by atoms with Gasteiger partial charge in [-0.05, 0) is 30.2 Å². The second kappa shape index (κ2) is 8.43. The lowest BCUT2D eigenvalue weighted by molar-refractivity contribution is 0.0596. The number of hydrogen-bond acceptors (Lipinski definition) is 5. The van der Waals surface area contributed by atoms with Gasteiger partial charge in [0.25, 0.3) is 0 Å². The number of aromatic carboxylic acids is 1. The molecule has 0 saturated heterocycles. The second-order valence-electron chi connectivity index (χ2n) is 4.48. The van der Waals surface area contributed by atoms with Gasteiger partial charge in [-0.2, -0.15) is 0 Å². The number of para-hydroxylation sites is 2. The van der Waals surface area contributed by atoms with E-state index in [0.29, 0.717) is 12.0 Å². The molecule has 0 heterocycles. The highest BCUT2D eigenvalue weighted by molar-refractivity contribution is 5.92. The first-order chi connectivity index (χ1) is 10.9. The van der Waals surface area contributed by atoms with Crippen molar-refractivity contribution in [2.75, 3.05) is 7.11 Å². The fraction of sp³-hybridized carbons (Fsp3) is 0.176. The summed E-state index contributed by atoms with van der Waals surface area (Å²) < 4.78 is 4.42. The number of carbonyl (C=O) groups excluding carboxylic acids is 1. The minimum atomic E-state index is -1.09. The Bertz CT molecular complexity index is 693. The molecule has 6 heteroatoms. The van der Waals surface area contributed by atoms with E-state index in [1.807, 2.05) is 6.92 Å². The molecule has 0 amide bonds. The number of phenolic OH excluding ortho intramolecular Hbond substituents is 1. The smallest absolute Gasteiger partial charge is 0.341 e. The fourth-order valence-electron chi connectivity index (χ4n) is 1.81.